The van der Waals surface area contributed by atoms with Crippen LogP contribution in [0.5, 0.6) is 0 Å². The number of ether oxygens (including phenoxy) is 1. The zero-order valence-corrected chi connectivity index (χ0v) is 22.3. The first-order valence-electron chi connectivity index (χ1n) is 13.8. The Hall–Kier alpha value is -0.420. The van der Waals surface area contributed by atoms with Crippen molar-refractivity contribution in [1.82, 2.24) is 0 Å². The zero-order valence-electron chi connectivity index (χ0n) is 21.4. The molecule has 198 valence electrons. The van der Waals surface area contributed by atoms with Gasteiger partial charge in [0.2, 0.25) is 0 Å². The summed E-state index contributed by atoms with van der Waals surface area (Å²) in [6.07, 6.45) is 25.3. The van der Waals surface area contributed by atoms with Crippen LogP contribution in [-0.4, -0.2) is 19.2 Å². The molecule has 0 aromatic rings. The van der Waals surface area contributed by atoms with Crippen LogP contribution >= 0.6 is 7.82 Å². The standard InChI is InChI=1S/C26H53O6P/c1-2-3-4-5-6-7-8-9-10-11-14-17-20-23-26(27)31-24-21-18-15-12-13-16-19-22-25-32-33(28,29)30/h2-25H2,1H3,(H2,28,29,30)/p-2. The van der Waals surface area contributed by atoms with Crippen LogP contribution in [0.25, 0.3) is 0 Å². The fraction of sp³-hybridized carbons (Fsp3) is 0.962. The van der Waals surface area contributed by atoms with Gasteiger partial charge in [0.05, 0.1) is 21.0 Å². The van der Waals surface area contributed by atoms with E-state index in [1.165, 1.54) is 70.6 Å². The predicted molar refractivity (Wildman–Crippen MR) is 132 cm³/mol. The minimum atomic E-state index is -4.81. The fourth-order valence-corrected chi connectivity index (χ4v) is 4.34. The first-order valence-corrected chi connectivity index (χ1v) is 15.2. The predicted octanol–water partition coefficient (Wildman–Crippen LogP) is 6.98. The Morgan fingerprint density at radius 3 is 1.36 bits per heavy atom. The third-order valence-corrected chi connectivity index (χ3v) is 6.53. The van der Waals surface area contributed by atoms with E-state index < -0.39 is 7.82 Å². The molecule has 0 aliphatic heterocycles. The Morgan fingerprint density at radius 2 is 0.939 bits per heavy atom. The number of hydrogen-bond acceptors (Lipinski definition) is 6. The lowest BCUT2D eigenvalue weighted by molar-refractivity contribution is -0.341. The molecule has 0 aliphatic rings. The molecule has 0 bridgehead atoms. The van der Waals surface area contributed by atoms with Gasteiger partial charge in [-0.05, 0) is 19.3 Å². The van der Waals surface area contributed by atoms with Gasteiger partial charge in [0, 0.05) is 6.42 Å². The molecule has 0 aliphatic carbocycles. The highest BCUT2D eigenvalue weighted by Crippen LogP contribution is 2.24. The molecule has 0 atom stereocenters. The Kier molecular flexibility index (Phi) is 24.4. The number of unbranched alkanes of at least 4 members (excludes halogenated alkanes) is 19. The van der Waals surface area contributed by atoms with E-state index in [9.17, 15) is 19.1 Å². The van der Waals surface area contributed by atoms with Crippen molar-refractivity contribution in [1.29, 1.82) is 0 Å². The molecule has 0 amide bonds. The molecule has 0 saturated heterocycles. The SMILES string of the molecule is CCCCCCCCCCCCCCCC(=O)OCCCCCCCCCCOP(=O)([O-])[O-]. The summed E-state index contributed by atoms with van der Waals surface area (Å²) in [4.78, 5) is 32.4. The molecule has 0 unspecified atom stereocenters. The van der Waals surface area contributed by atoms with Gasteiger partial charge in [0.1, 0.15) is 0 Å². The third kappa shape index (κ3) is 29.5. The molecule has 0 heterocycles. The highest BCUT2D eigenvalue weighted by Gasteiger charge is 2.02. The summed E-state index contributed by atoms with van der Waals surface area (Å²) in [5, 5.41) is 0. The Bertz CT molecular complexity index is 466. The highest BCUT2D eigenvalue weighted by atomic mass is 31.2. The number of hydrogen-bond donors (Lipinski definition) is 0. The molecule has 0 aromatic carbocycles. The van der Waals surface area contributed by atoms with Crippen molar-refractivity contribution < 1.29 is 28.4 Å². The van der Waals surface area contributed by atoms with E-state index in [1.807, 2.05) is 0 Å². The lowest BCUT2D eigenvalue weighted by Crippen LogP contribution is -2.16. The van der Waals surface area contributed by atoms with Crippen LogP contribution in [0.2, 0.25) is 0 Å². The van der Waals surface area contributed by atoms with E-state index in [2.05, 4.69) is 11.4 Å². The number of rotatable bonds is 26. The molecule has 7 heteroatoms. The van der Waals surface area contributed by atoms with Crippen molar-refractivity contribution in [2.24, 2.45) is 0 Å². The summed E-state index contributed by atoms with van der Waals surface area (Å²) >= 11 is 0. The van der Waals surface area contributed by atoms with Gasteiger partial charge in [0.15, 0.2) is 0 Å². The van der Waals surface area contributed by atoms with Gasteiger partial charge in [-0.25, -0.2) is 0 Å². The normalized spacial score (nSPS) is 11.7. The van der Waals surface area contributed by atoms with Gasteiger partial charge in [0.25, 0.3) is 0 Å². The van der Waals surface area contributed by atoms with Crippen LogP contribution in [0.3, 0.4) is 0 Å². The van der Waals surface area contributed by atoms with Gasteiger partial charge in [-0.15, -0.1) is 0 Å². The zero-order chi connectivity index (χ0) is 24.5. The second kappa shape index (κ2) is 24.7. The van der Waals surface area contributed by atoms with Crippen LogP contribution in [0.15, 0.2) is 0 Å². The average molecular weight is 491 g/mol. The minimum Gasteiger partial charge on any atom is -0.790 e. The summed E-state index contributed by atoms with van der Waals surface area (Å²) < 4.78 is 19.8. The van der Waals surface area contributed by atoms with Crippen molar-refractivity contribution in [2.45, 2.75) is 148 Å². The molecule has 0 N–H and O–H groups in total. The maximum Gasteiger partial charge on any atom is 0.305 e. The lowest BCUT2D eigenvalue weighted by atomic mass is 10.0. The van der Waals surface area contributed by atoms with Crippen LogP contribution < -0.4 is 9.79 Å². The van der Waals surface area contributed by atoms with Gasteiger partial charge in [-0.1, -0.05) is 122 Å². The van der Waals surface area contributed by atoms with Gasteiger partial charge in [-0.2, -0.15) is 0 Å². The quantitative estimate of drug-likeness (QED) is 0.0737. The summed E-state index contributed by atoms with van der Waals surface area (Å²) in [5.74, 6) is -0.0546. The molecular weight excluding hydrogens is 439 g/mol. The second-order valence-corrected chi connectivity index (χ2v) is 10.5. The van der Waals surface area contributed by atoms with Crippen molar-refractivity contribution >= 4 is 13.8 Å². The van der Waals surface area contributed by atoms with Crippen LogP contribution in [0.4, 0.5) is 0 Å². The van der Waals surface area contributed by atoms with Crippen molar-refractivity contribution in [3.63, 3.8) is 0 Å². The minimum absolute atomic E-state index is 0.00501. The monoisotopic (exact) mass is 490 g/mol. The molecule has 0 fully saturated rings. The lowest BCUT2D eigenvalue weighted by Gasteiger charge is -2.28. The maximum atomic E-state index is 11.8. The maximum absolute atomic E-state index is 11.8. The first kappa shape index (κ1) is 32.6. The molecule has 33 heavy (non-hydrogen) atoms. The Balaban J connectivity index is 3.19. The number of esters is 1. The molecule has 6 nitrogen and oxygen atoms in total. The molecule has 0 rings (SSSR count). The van der Waals surface area contributed by atoms with Gasteiger partial charge in [-0.3, -0.25) is 4.79 Å². The molecule has 0 aromatic heterocycles. The summed E-state index contributed by atoms with van der Waals surface area (Å²) in [5.41, 5.74) is 0. The number of phosphoric ester groups is 1. The van der Waals surface area contributed by atoms with Crippen molar-refractivity contribution in [3.05, 3.63) is 0 Å². The van der Waals surface area contributed by atoms with E-state index in [4.69, 9.17) is 4.74 Å². The van der Waals surface area contributed by atoms with Crippen molar-refractivity contribution in [3.8, 4) is 0 Å². The van der Waals surface area contributed by atoms with E-state index in [0.29, 0.717) is 19.4 Å². The Morgan fingerprint density at radius 1 is 0.576 bits per heavy atom. The van der Waals surface area contributed by atoms with Gasteiger partial charge < -0.3 is 23.6 Å². The van der Waals surface area contributed by atoms with Crippen LogP contribution in [0.1, 0.15) is 148 Å². The van der Waals surface area contributed by atoms with E-state index in [0.717, 1.165) is 57.8 Å². The molecule has 0 spiro atoms. The average Bonchev–Trinajstić information content (AvgIpc) is 2.77. The smallest absolute Gasteiger partial charge is 0.305 e. The third-order valence-electron chi connectivity index (χ3n) is 6.04. The summed E-state index contributed by atoms with van der Waals surface area (Å²) in [6, 6.07) is 0. The number of phosphoric acid groups is 1. The van der Waals surface area contributed by atoms with Crippen molar-refractivity contribution in [2.75, 3.05) is 13.2 Å². The second-order valence-electron chi connectivity index (χ2n) is 9.32. The first-order chi connectivity index (χ1) is 16.0. The Labute approximate surface area is 203 Å². The highest BCUT2D eigenvalue weighted by molar-refractivity contribution is 7.43. The summed E-state index contributed by atoms with van der Waals surface area (Å²) in [7, 11) is -4.81. The summed E-state index contributed by atoms with van der Waals surface area (Å²) in [6.45, 7) is 2.78. The fourth-order valence-electron chi connectivity index (χ4n) is 3.99. The van der Waals surface area contributed by atoms with Gasteiger partial charge >= 0.3 is 5.97 Å². The van der Waals surface area contributed by atoms with Crippen LogP contribution in [-0.2, 0) is 18.6 Å². The van der Waals surface area contributed by atoms with E-state index in [-0.39, 0.29) is 12.6 Å². The molecule has 0 radical (unpaired) electrons. The number of carbonyl (C=O) groups excluding carboxylic acids is 1. The molecular formula is C26H51O6P-2. The topological polar surface area (TPSA) is 98.7 Å². The molecule has 0 saturated carbocycles. The van der Waals surface area contributed by atoms with Crippen LogP contribution in [0, 0.1) is 0 Å². The van der Waals surface area contributed by atoms with E-state index >= 15 is 0 Å². The number of carbonyl (C=O) groups is 1. The van der Waals surface area contributed by atoms with E-state index in [1.54, 1.807) is 0 Å². The largest absolute Gasteiger partial charge is 0.790 e.